The third-order valence-electron chi connectivity index (χ3n) is 5.02. The number of rotatable bonds is 3. The Morgan fingerprint density at radius 2 is 1.76 bits per heavy atom. The molecule has 2 aliphatic rings. The van der Waals surface area contributed by atoms with Crippen LogP contribution in [0.4, 0.5) is 5.82 Å². The second kappa shape index (κ2) is 6.34. The van der Waals surface area contributed by atoms with Crippen LogP contribution < -0.4 is 4.90 Å². The van der Waals surface area contributed by atoms with Gasteiger partial charge in [-0.05, 0) is 46.8 Å². The van der Waals surface area contributed by atoms with Gasteiger partial charge in [0.25, 0.3) is 0 Å². The lowest BCUT2D eigenvalue weighted by molar-refractivity contribution is 0.452. The van der Waals surface area contributed by atoms with E-state index >= 15 is 0 Å². The van der Waals surface area contributed by atoms with Crippen molar-refractivity contribution in [3.8, 4) is 0 Å². The van der Waals surface area contributed by atoms with E-state index in [9.17, 15) is 8.42 Å². The number of sulfonamides is 1. The van der Waals surface area contributed by atoms with Crippen LogP contribution in [0.15, 0.2) is 46.0 Å². The van der Waals surface area contributed by atoms with Gasteiger partial charge in [-0.2, -0.15) is 4.31 Å². The van der Waals surface area contributed by atoms with Crippen LogP contribution in [0.1, 0.15) is 5.69 Å². The summed E-state index contributed by atoms with van der Waals surface area (Å²) in [6.07, 6.45) is 1.59. The number of halogens is 1. The first kappa shape index (κ1) is 16.9. The third kappa shape index (κ3) is 3.07. The molecule has 132 valence electrons. The van der Waals surface area contributed by atoms with E-state index in [1.165, 1.54) is 0 Å². The molecule has 25 heavy (non-hydrogen) atoms. The second-order valence-corrected chi connectivity index (χ2v) is 9.46. The first-order valence-corrected chi connectivity index (χ1v) is 10.5. The minimum Gasteiger partial charge on any atom is -0.356 e. The van der Waals surface area contributed by atoms with E-state index in [0.29, 0.717) is 34.3 Å². The second-order valence-electron chi connectivity index (χ2n) is 6.70. The van der Waals surface area contributed by atoms with Crippen molar-refractivity contribution in [3.63, 3.8) is 0 Å². The summed E-state index contributed by atoms with van der Waals surface area (Å²) in [5.41, 5.74) is 0.945. The van der Waals surface area contributed by atoms with Gasteiger partial charge in [-0.15, -0.1) is 0 Å². The number of benzene rings is 1. The molecular weight excluding hydrogens is 404 g/mol. The Balaban J connectivity index is 1.50. The smallest absolute Gasteiger partial charge is 0.244 e. The molecule has 0 radical (unpaired) electrons. The van der Waals surface area contributed by atoms with Gasteiger partial charge in [-0.3, -0.25) is 0 Å². The van der Waals surface area contributed by atoms with Crippen LogP contribution in [0.25, 0.3) is 0 Å². The zero-order chi connectivity index (χ0) is 17.6. The normalized spacial score (nSPS) is 23.8. The molecule has 0 N–H and O–H groups in total. The first-order chi connectivity index (χ1) is 11.9. The van der Waals surface area contributed by atoms with E-state index in [-0.39, 0.29) is 0 Å². The van der Waals surface area contributed by atoms with Crippen molar-refractivity contribution in [1.29, 1.82) is 0 Å². The van der Waals surface area contributed by atoms with E-state index in [4.69, 9.17) is 0 Å². The molecule has 1 aromatic carbocycles. The maximum Gasteiger partial charge on any atom is 0.244 e. The number of anilines is 1. The van der Waals surface area contributed by atoms with Crippen molar-refractivity contribution in [1.82, 2.24) is 14.3 Å². The minimum absolute atomic E-state index is 0.340. The monoisotopic (exact) mass is 422 g/mol. The summed E-state index contributed by atoms with van der Waals surface area (Å²) in [4.78, 5) is 11.1. The number of aryl methyl sites for hydroxylation is 1. The molecule has 0 spiro atoms. The van der Waals surface area contributed by atoms with Crippen LogP contribution in [-0.4, -0.2) is 48.9 Å². The molecule has 0 bridgehead atoms. The lowest BCUT2D eigenvalue weighted by Crippen LogP contribution is -2.33. The maximum atomic E-state index is 12.9. The fourth-order valence-electron chi connectivity index (χ4n) is 3.74. The summed E-state index contributed by atoms with van der Waals surface area (Å²) in [6.45, 7) is 4.75. The Bertz CT molecular complexity index is 891. The summed E-state index contributed by atoms with van der Waals surface area (Å²) < 4.78 is 28.1. The molecular formula is C17H19BrN4O2S. The summed E-state index contributed by atoms with van der Waals surface area (Å²) in [5.74, 6) is 1.61. The molecule has 3 heterocycles. The molecule has 2 atom stereocenters. The molecule has 2 saturated heterocycles. The molecule has 4 rings (SSSR count). The lowest BCUT2D eigenvalue weighted by atomic mass is 10.0. The Morgan fingerprint density at radius 1 is 1.08 bits per heavy atom. The van der Waals surface area contributed by atoms with Crippen molar-refractivity contribution >= 4 is 31.8 Å². The highest BCUT2D eigenvalue weighted by Gasteiger charge is 2.44. The Labute approximate surface area is 156 Å². The number of hydrogen-bond acceptors (Lipinski definition) is 5. The standard InChI is InChI=1S/C17H19BrN4O2S/c1-12-6-17(20-11-19-12)21-7-13-9-22(10-14(13)8-21)25(23,24)16-5-3-2-4-15(16)18/h2-6,11,13-14H,7-10H2,1H3. The highest BCUT2D eigenvalue weighted by Crippen LogP contribution is 2.36. The Hall–Kier alpha value is -1.51. The van der Waals surface area contributed by atoms with E-state index in [1.54, 1.807) is 28.8 Å². The highest BCUT2D eigenvalue weighted by atomic mass is 79.9. The van der Waals surface area contributed by atoms with Gasteiger partial charge in [-0.1, -0.05) is 12.1 Å². The van der Waals surface area contributed by atoms with Crippen LogP contribution in [0.2, 0.25) is 0 Å². The van der Waals surface area contributed by atoms with Gasteiger partial charge in [-0.25, -0.2) is 18.4 Å². The third-order valence-corrected chi connectivity index (χ3v) is 7.86. The average molecular weight is 423 g/mol. The van der Waals surface area contributed by atoms with E-state index in [2.05, 4.69) is 30.8 Å². The largest absolute Gasteiger partial charge is 0.356 e. The molecule has 2 aliphatic heterocycles. The van der Waals surface area contributed by atoms with E-state index in [1.807, 2.05) is 19.1 Å². The molecule has 0 amide bonds. The highest BCUT2D eigenvalue weighted by molar-refractivity contribution is 9.10. The summed E-state index contributed by atoms with van der Waals surface area (Å²) >= 11 is 3.36. The van der Waals surface area contributed by atoms with Crippen molar-refractivity contribution in [2.45, 2.75) is 11.8 Å². The molecule has 2 aromatic rings. The summed E-state index contributed by atoms with van der Waals surface area (Å²) in [6, 6.07) is 8.99. The van der Waals surface area contributed by atoms with Gasteiger partial charge in [0.1, 0.15) is 12.1 Å². The zero-order valence-electron chi connectivity index (χ0n) is 13.8. The van der Waals surface area contributed by atoms with Gasteiger partial charge in [0, 0.05) is 42.4 Å². The van der Waals surface area contributed by atoms with Crippen LogP contribution in [0.3, 0.4) is 0 Å². The van der Waals surface area contributed by atoms with Crippen LogP contribution in [-0.2, 0) is 10.0 Å². The predicted molar refractivity (Wildman–Crippen MR) is 98.9 cm³/mol. The summed E-state index contributed by atoms with van der Waals surface area (Å²) in [7, 11) is -3.46. The number of fused-ring (bicyclic) bond motifs is 1. The lowest BCUT2D eigenvalue weighted by Gasteiger charge is -2.22. The number of nitrogens with zero attached hydrogens (tertiary/aromatic N) is 4. The first-order valence-electron chi connectivity index (χ1n) is 8.23. The topological polar surface area (TPSA) is 66.4 Å². The van der Waals surface area contributed by atoms with Gasteiger partial charge >= 0.3 is 0 Å². The summed E-state index contributed by atoms with van der Waals surface area (Å²) in [5, 5.41) is 0. The Kier molecular flexibility index (Phi) is 4.29. The minimum atomic E-state index is -3.46. The fourth-order valence-corrected chi connectivity index (χ4v) is 6.26. The Morgan fingerprint density at radius 3 is 2.40 bits per heavy atom. The maximum absolute atomic E-state index is 12.9. The van der Waals surface area contributed by atoms with Gasteiger partial charge in [0.2, 0.25) is 10.0 Å². The van der Waals surface area contributed by atoms with Crippen molar-refractivity contribution in [3.05, 3.63) is 46.8 Å². The SMILES string of the molecule is Cc1cc(N2CC3CN(S(=O)(=O)c4ccccc4Br)CC3C2)ncn1. The molecule has 0 aliphatic carbocycles. The quantitative estimate of drug-likeness (QED) is 0.758. The van der Waals surface area contributed by atoms with E-state index in [0.717, 1.165) is 24.6 Å². The van der Waals surface area contributed by atoms with Crippen LogP contribution >= 0.6 is 15.9 Å². The van der Waals surface area contributed by atoms with Gasteiger partial charge < -0.3 is 4.90 Å². The van der Waals surface area contributed by atoms with Crippen molar-refractivity contribution in [2.24, 2.45) is 11.8 Å². The zero-order valence-corrected chi connectivity index (χ0v) is 16.2. The van der Waals surface area contributed by atoms with Crippen molar-refractivity contribution < 1.29 is 8.42 Å². The number of hydrogen-bond donors (Lipinski definition) is 0. The molecule has 2 unspecified atom stereocenters. The average Bonchev–Trinajstić information content (AvgIpc) is 3.14. The van der Waals surface area contributed by atoms with Crippen molar-refractivity contribution in [2.75, 3.05) is 31.1 Å². The van der Waals surface area contributed by atoms with Crippen LogP contribution in [0, 0.1) is 18.8 Å². The van der Waals surface area contributed by atoms with Gasteiger partial charge in [0.05, 0.1) is 4.90 Å². The predicted octanol–water partition coefficient (Wildman–Crippen LogP) is 2.30. The number of aromatic nitrogens is 2. The molecule has 0 saturated carbocycles. The fraction of sp³-hybridized carbons (Fsp3) is 0.412. The van der Waals surface area contributed by atoms with Gasteiger partial charge in [0.15, 0.2) is 0 Å². The molecule has 2 fully saturated rings. The molecule has 1 aromatic heterocycles. The van der Waals surface area contributed by atoms with E-state index < -0.39 is 10.0 Å². The molecule has 6 nitrogen and oxygen atoms in total. The molecule has 8 heteroatoms. The van der Waals surface area contributed by atoms with Crippen LogP contribution in [0.5, 0.6) is 0 Å².